The zero-order valence-electron chi connectivity index (χ0n) is 5.39. The first-order valence-electron chi connectivity index (χ1n) is 2.70. The van der Waals surface area contributed by atoms with Crippen LogP contribution in [0.1, 0.15) is 6.92 Å². The number of nitrogens with one attached hydrogen (secondary N) is 1. The van der Waals surface area contributed by atoms with Gasteiger partial charge in [0.15, 0.2) is 6.21 Å². The predicted octanol–water partition coefficient (Wildman–Crippen LogP) is -0.100. The molecule has 1 heteroatoms. The Kier molecular flexibility index (Phi) is 5.50. The van der Waals surface area contributed by atoms with Crippen molar-refractivity contribution in [3.63, 3.8) is 0 Å². The highest BCUT2D eigenvalue weighted by Crippen LogP contribution is 1.69. The molecular weight excluding hydrogens is 98.1 g/mol. The molecule has 8 heavy (non-hydrogen) atoms. The molecule has 0 aromatic carbocycles. The van der Waals surface area contributed by atoms with Crippen molar-refractivity contribution in [2.75, 3.05) is 7.05 Å². The van der Waals surface area contributed by atoms with Gasteiger partial charge in [0.25, 0.3) is 0 Å². The molecule has 0 rings (SSSR count). The van der Waals surface area contributed by atoms with E-state index in [2.05, 4.69) is 4.99 Å². The molecule has 0 aromatic rings. The summed E-state index contributed by atoms with van der Waals surface area (Å²) in [5, 5.41) is 0. The van der Waals surface area contributed by atoms with Crippen LogP contribution in [-0.2, 0) is 0 Å². The van der Waals surface area contributed by atoms with E-state index in [0.717, 1.165) is 0 Å². The zero-order valence-corrected chi connectivity index (χ0v) is 5.39. The first-order chi connectivity index (χ1) is 3.91. The lowest BCUT2D eigenvalue weighted by Gasteiger charge is -1.64. The van der Waals surface area contributed by atoms with Crippen molar-refractivity contribution < 1.29 is 4.99 Å². The van der Waals surface area contributed by atoms with Crippen LogP contribution >= 0.6 is 0 Å². The fourth-order valence-corrected chi connectivity index (χ4v) is 0.327. The molecule has 0 aliphatic rings. The van der Waals surface area contributed by atoms with Gasteiger partial charge in [-0.05, 0) is 6.92 Å². The standard InChI is InChI=1S/C7H11N/c1-3-4-5-6-7-8-2/h3-7H,1-2H3/p+1/b4-3+,6-5-,8-7?. The maximum atomic E-state index is 2.88. The summed E-state index contributed by atoms with van der Waals surface area (Å²) >= 11 is 0. The van der Waals surface area contributed by atoms with E-state index in [1.807, 2.05) is 44.5 Å². The molecule has 0 fully saturated rings. The SMILES string of the molecule is C/C=C/C=C\C=[NH+]C. The van der Waals surface area contributed by atoms with Crippen molar-refractivity contribution in [3.8, 4) is 0 Å². The summed E-state index contributed by atoms with van der Waals surface area (Å²) in [6.07, 6.45) is 9.75. The lowest BCUT2D eigenvalue weighted by Crippen LogP contribution is -2.62. The summed E-state index contributed by atoms with van der Waals surface area (Å²) in [7, 11) is 1.88. The van der Waals surface area contributed by atoms with E-state index in [1.165, 1.54) is 0 Å². The van der Waals surface area contributed by atoms with Crippen molar-refractivity contribution in [1.29, 1.82) is 0 Å². The molecule has 44 valence electrons. The normalized spacial score (nSPS) is 12.8. The molecule has 0 atom stereocenters. The smallest absolute Gasteiger partial charge is 0.161 e. The molecule has 0 heterocycles. The van der Waals surface area contributed by atoms with Crippen LogP contribution in [0.15, 0.2) is 24.3 Å². The molecule has 0 unspecified atom stereocenters. The molecule has 0 saturated carbocycles. The topological polar surface area (TPSA) is 14.0 Å². The van der Waals surface area contributed by atoms with Gasteiger partial charge in [-0.15, -0.1) is 0 Å². The first-order valence-corrected chi connectivity index (χ1v) is 2.70. The quantitative estimate of drug-likeness (QED) is 0.377. The Labute approximate surface area is 50.4 Å². The van der Waals surface area contributed by atoms with Crippen molar-refractivity contribution in [1.82, 2.24) is 0 Å². The van der Waals surface area contributed by atoms with Crippen LogP contribution in [0.2, 0.25) is 0 Å². The molecule has 0 amide bonds. The van der Waals surface area contributed by atoms with Gasteiger partial charge in [0.2, 0.25) is 0 Å². The average Bonchev–Trinajstić information content (AvgIpc) is 1.81. The van der Waals surface area contributed by atoms with E-state index in [9.17, 15) is 0 Å². The van der Waals surface area contributed by atoms with Crippen LogP contribution in [-0.4, -0.2) is 13.3 Å². The van der Waals surface area contributed by atoms with Crippen LogP contribution < -0.4 is 4.99 Å². The second-order valence-electron chi connectivity index (χ2n) is 1.37. The average molecular weight is 110 g/mol. The summed E-state index contributed by atoms with van der Waals surface area (Å²) in [5.41, 5.74) is 0. The van der Waals surface area contributed by atoms with E-state index in [-0.39, 0.29) is 0 Å². The van der Waals surface area contributed by atoms with E-state index in [4.69, 9.17) is 0 Å². The van der Waals surface area contributed by atoms with Gasteiger partial charge in [0, 0.05) is 6.08 Å². The Morgan fingerprint density at radius 1 is 1.12 bits per heavy atom. The zero-order chi connectivity index (χ0) is 6.24. The van der Waals surface area contributed by atoms with E-state index < -0.39 is 0 Å². The highest BCUT2D eigenvalue weighted by molar-refractivity contribution is 5.65. The summed E-state index contributed by atoms with van der Waals surface area (Å²) in [5.74, 6) is 0. The van der Waals surface area contributed by atoms with Gasteiger partial charge in [0.05, 0.1) is 0 Å². The Morgan fingerprint density at radius 2 is 1.88 bits per heavy atom. The lowest BCUT2D eigenvalue weighted by molar-refractivity contribution is -0.413. The predicted molar refractivity (Wildman–Crippen MR) is 36.9 cm³/mol. The van der Waals surface area contributed by atoms with Gasteiger partial charge in [0.1, 0.15) is 7.05 Å². The molecule has 0 spiro atoms. The summed E-state index contributed by atoms with van der Waals surface area (Å²) in [6, 6.07) is 0. The molecule has 0 aliphatic heterocycles. The molecule has 0 aliphatic carbocycles. The van der Waals surface area contributed by atoms with E-state index >= 15 is 0 Å². The maximum absolute atomic E-state index is 2.88. The minimum atomic E-state index is 1.88. The van der Waals surface area contributed by atoms with Crippen LogP contribution in [0.5, 0.6) is 0 Å². The fourth-order valence-electron chi connectivity index (χ4n) is 0.327. The molecule has 0 aromatic heterocycles. The third-order valence-corrected chi connectivity index (χ3v) is 0.678. The number of rotatable bonds is 2. The molecule has 0 saturated heterocycles. The van der Waals surface area contributed by atoms with Crippen LogP contribution in [0.25, 0.3) is 0 Å². The van der Waals surface area contributed by atoms with E-state index in [0.29, 0.717) is 0 Å². The number of hydrogen-bond acceptors (Lipinski definition) is 0. The number of allylic oxidation sites excluding steroid dienone is 4. The lowest BCUT2D eigenvalue weighted by atomic mass is 10.4. The molecule has 1 N–H and O–H groups in total. The van der Waals surface area contributed by atoms with Gasteiger partial charge in [-0.3, -0.25) is 4.99 Å². The molecule has 1 nitrogen and oxygen atoms in total. The van der Waals surface area contributed by atoms with Gasteiger partial charge < -0.3 is 0 Å². The number of hydrogen-bond donors (Lipinski definition) is 1. The van der Waals surface area contributed by atoms with Crippen LogP contribution in [0, 0.1) is 0 Å². The highest BCUT2D eigenvalue weighted by atomic mass is 14.6. The second-order valence-corrected chi connectivity index (χ2v) is 1.37. The monoisotopic (exact) mass is 110 g/mol. The Bertz CT molecular complexity index is 95.6. The Morgan fingerprint density at radius 3 is 2.38 bits per heavy atom. The van der Waals surface area contributed by atoms with Gasteiger partial charge in [-0.25, -0.2) is 0 Å². The largest absolute Gasteiger partial charge is 0.251 e. The first kappa shape index (κ1) is 7.15. The summed E-state index contributed by atoms with van der Waals surface area (Å²) in [6.45, 7) is 1.99. The van der Waals surface area contributed by atoms with Crippen molar-refractivity contribution in [2.45, 2.75) is 6.92 Å². The highest BCUT2D eigenvalue weighted by Gasteiger charge is 1.60. The summed E-state index contributed by atoms with van der Waals surface area (Å²) in [4.78, 5) is 2.88. The third-order valence-electron chi connectivity index (χ3n) is 0.678. The van der Waals surface area contributed by atoms with Crippen molar-refractivity contribution in [3.05, 3.63) is 24.3 Å². The molecular formula is C7H12N+. The molecule has 0 radical (unpaired) electrons. The van der Waals surface area contributed by atoms with Gasteiger partial charge in [-0.2, -0.15) is 0 Å². The van der Waals surface area contributed by atoms with Gasteiger partial charge in [-0.1, -0.05) is 18.2 Å². The third kappa shape index (κ3) is 5.15. The Balaban J connectivity index is 3.35. The second kappa shape index (κ2) is 6.15. The van der Waals surface area contributed by atoms with Gasteiger partial charge >= 0.3 is 0 Å². The van der Waals surface area contributed by atoms with Crippen LogP contribution in [0.4, 0.5) is 0 Å². The van der Waals surface area contributed by atoms with E-state index in [1.54, 1.807) is 0 Å². The van der Waals surface area contributed by atoms with Crippen LogP contribution in [0.3, 0.4) is 0 Å². The minimum Gasteiger partial charge on any atom is -0.251 e. The summed E-state index contributed by atoms with van der Waals surface area (Å²) < 4.78 is 0. The van der Waals surface area contributed by atoms with Crippen molar-refractivity contribution in [2.24, 2.45) is 0 Å². The minimum absolute atomic E-state index is 1.88. The maximum Gasteiger partial charge on any atom is 0.161 e. The molecule has 0 bridgehead atoms. The van der Waals surface area contributed by atoms with Crippen molar-refractivity contribution >= 4 is 6.21 Å². The Hall–Kier alpha value is -0.850. The fraction of sp³-hybridized carbons (Fsp3) is 0.286.